The molecular weight excluding hydrogens is 470 g/mol. The molecule has 0 saturated carbocycles. The van der Waals surface area contributed by atoms with Gasteiger partial charge in [-0.2, -0.15) is 0 Å². The van der Waals surface area contributed by atoms with Gasteiger partial charge in [-0.25, -0.2) is 23.6 Å². The van der Waals surface area contributed by atoms with Crippen LogP contribution >= 0.6 is 0 Å². The van der Waals surface area contributed by atoms with Crippen LogP contribution in [0.1, 0.15) is 6.92 Å². The number of anilines is 3. The Balaban J connectivity index is 1.45. The minimum absolute atomic E-state index is 0.00172. The van der Waals surface area contributed by atoms with Gasteiger partial charge in [0.2, 0.25) is 5.91 Å². The minimum Gasteiger partial charge on any atom is -0.442 e. The summed E-state index contributed by atoms with van der Waals surface area (Å²) < 4.78 is 35.3. The number of aromatic nitrogens is 1. The molecule has 1 atom stereocenters. The fraction of sp³-hybridized carbons (Fsp3) is 0.381. The number of nitrogens with one attached hydrogen (secondary N) is 1. The number of nitro groups is 1. The Labute approximate surface area is 198 Å². The number of carbonyl (C=O) groups is 2. The molecule has 0 aliphatic carbocycles. The Morgan fingerprint density at radius 2 is 2.00 bits per heavy atom. The van der Waals surface area contributed by atoms with Crippen molar-refractivity contribution in [2.45, 2.75) is 13.0 Å². The summed E-state index contributed by atoms with van der Waals surface area (Å²) in [5, 5.41) is 14.7. The number of hydrogen-bond acceptors (Lipinski definition) is 9. The largest absolute Gasteiger partial charge is 0.442 e. The number of cyclic esters (lactones) is 1. The third-order valence-corrected chi connectivity index (χ3v) is 5.46. The maximum atomic E-state index is 15.1. The molecular formula is C21H22F2N6O6. The van der Waals surface area contributed by atoms with Crippen molar-refractivity contribution in [3.63, 3.8) is 0 Å². The average Bonchev–Trinajstić information content (AvgIpc) is 3.02. The zero-order chi connectivity index (χ0) is 25.1. The van der Waals surface area contributed by atoms with Crippen LogP contribution in [0.4, 0.5) is 36.5 Å². The third-order valence-electron chi connectivity index (χ3n) is 5.46. The minimum atomic E-state index is -0.861. The number of hydroxylamine groups is 1. The number of amides is 2. The zero-order valence-corrected chi connectivity index (χ0v) is 18.6. The summed E-state index contributed by atoms with van der Waals surface area (Å²) in [5.74, 6) is -1.68. The first-order valence-electron chi connectivity index (χ1n) is 10.7. The smallest absolute Gasteiger partial charge is 0.414 e. The van der Waals surface area contributed by atoms with Crippen molar-refractivity contribution in [1.82, 2.24) is 10.3 Å². The van der Waals surface area contributed by atoms with Crippen LogP contribution < -0.4 is 20.2 Å². The lowest BCUT2D eigenvalue weighted by Gasteiger charge is -2.24. The van der Waals surface area contributed by atoms with Crippen molar-refractivity contribution in [2.24, 2.45) is 0 Å². The summed E-state index contributed by atoms with van der Waals surface area (Å²) in [4.78, 5) is 45.7. The molecule has 14 heteroatoms. The van der Waals surface area contributed by atoms with Gasteiger partial charge in [-0.3, -0.25) is 24.6 Å². The highest BCUT2D eigenvalue weighted by molar-refractivity contribution is 5.90. The highest BCUT2D eigenvalue weighted by Crippen LogP contribution is 2.31. The van der Waals surface area contributed by atoms with Crippen LogP contribution in [-0.4, -0.2) is 67.3 Å². The number of ether oxygens (including phenoxy) is 1. The first kappa shape index (κ1) is 24.1. The molecule has 4 rings (SSSR count). The summed E-state index contributed by atoms with van der Waals surface area (Å²) in [6.07, 6.45) is -0.302. The summed E-state index contributed by atoms with van der Waals surface area (Å²) in [6, 6.07) is 4.83. The molecule has 2 aliphatic heterocycles. The van der Waals surface area contributed by atoms with Crippen LogP contribution in [0.25, 0.3) is 0 Å². The van der Waals surface area contributed by atoms with Crippen LogP contribution in [0.3, 0.4) is 0 Å². The molecule has 12 nitrogen and oxygen atoms in total. The van der Waals surface area contributed by atoms with Gasteiger partial charge in [0, 0.05) is 38.2 Å². The molecule has 0 spiro atoms. The zero-order valence-electron chi connectivity index (χ0n) is 18.6. The fourth-order valence-corrected chi connectivity index (χ4v) is 3.79. The fourth-order valence-electron chi connectivity index (χ4n) is 3.79. The molecule has 35 heavy (non-hydrogen) atoms. The lowest BCUT2D eigenvalue weighted by atomic mass is 10.2. The molecule has 1 aromatic heterocycles. The van der Waals surface area contributed by atoms with Gasteiger partial charge in [0.05, 0.1) is 36.9 Å². The van der Waals surface area contributed by atoms with E-state index in [-0.39, 0.29) is 62.3 Å². The van der Waals surface area contributed by atoms with E-state index in [0.717, 1.165) is 23.2 Å². The number of benzene rings is 1. The number of rotatable bonds is 6. The number of pyridine rings is 1. The quantitative estimate of drug-likeness (QED) is 0.475. The second kappa shape index (κ2) is 10.0. The van der Waals surface area contributed by atoms with E-state index in [1.165, 1.54) is 29.0 Å². The second-order valence-corrected chi connectivity index (χ2v) is 7.87. The van der Waals surface area contributed by atoms with E-state index in [0.29, 0.717) is 5.82 Å². The van der Waals surface area contributed by atoms with E-state index < -0.39 is 28.8 Å². The molecule has 2 fully saturated rings. The Morgan fingerprint density at radius 1 is 1.26 bits per heavy atom. The van der Waals surface area contributed by atoms with Gasteiger partial charge < -0.3 is 15.0 Å². The normalized spacial score (nSPS) is 18.3. The molecule has 2 saturated heterocycles. The lowest BCUT2D eigenvalue weighted by Crippen LogP contribution is -2.33. The molecule has 186 valence electrons. The van der Waals surface area contributed by atoms with Crippen LogP contribution in [0, 0.1) is 21.7 Å². The van der Waals surface area contributed by atoms with Gasteiger partial charge in [0.25, 0.3) is 5.69 Å². The first-order chi connectivity index (χ1) is 16.7. The Morgan fingerprint density at radius 3 is 2.63 bits per heavy atom. The second-order valence-electron chi connectivity index (χ2n) is 7.87. The van der Waals surface area contributed by atoms with Crippen LogP contribution in [-0.2, 0) is 14.4 Å². The van der Waals surface area contributed by atoms with Crippen molar-refractivity contribution >= 4 is 34.9 Å². The van der Waals surface area contributed by atoms with Gasteiger partial charge >= 0.3 is 6.09 Å². The van der Waals surface area contributed by atoms with Crippen molar-refractivity contribution in [1.29, 1.82) is 0 Å². The van der Waals surface area contributed by atoms with Crippen molar-refractivity contribution in [3.8, 4) is 0 Å². The number of halogens is 2. The highest BCUT2D eigenvalue weighted by atomic mass is 19.1. The maximum Gasteiger partial charge on any atom is 0.414 e. The van der Waals surface area contributed by atoms with E-state index in [4.69, 9.17) is 9.57 Å². The van der Waals surface area contributed by atoms with E-state index in [9.17, 15) is 19.7 Å². The predicted molar refractivity (Wildman–Crippen MR) is 119 cm³/mol. The molecule has 2 aromatic rings. The van der Waals surface area contributed by atoms with E-state index in [2.05, 4.69) is 10.3 Å². The van der Waals surface area contributed by atoms with Crippen LogP contribution in [0.15, 0.2) is 30.5 Å². The molecule has 1 aromatic carbocycles. The topological polar surface area (TPSA) is 130 Å². The molecule has 3 heterocycles. The molecule has 2 aliphatic rings. The van der Waals surface area contributed by atoms with Crippen LogP contribution in [0.2, 0.25) is 0 Å². The first-order valence-corrected chi connectivity index (χ1v) is 10.7. The molecule has 2 amide bonds. The van der Waals surface area contributed by atoms with Crippen LogP contribution in [0.5, 0.6) is 0 Å². The summed E-state index contributed by atoms with van der Waals surface area (Å²) >= 11 is 0. The third kappa shape index (κ3) is 5.37. The Bertz CT molecular complexity index is 1110. The van der Waals surface area contributed by atoms with Crippen molar-refractivity contribution < 1.29 is 32.9 Å². The Kier molecular flexibility index (Phi) is 6.91. The number of nitrogens with zero attached hydrogens (tertiary/aromatic N) is 5. The van der Waals surface area contributed by atoms with E-state index >= 15 is 8.78 Å². The summed E-state index contributed by atoms with van der Waals surface area (Å²) in [6.45, 7) is 2.07. The maximum absolute atomic E-state index is 15.1. The van der Waals surface area contributed by atoms with Gasteiger partial charge in [-0.15, -0.1) is 0 Å². The van der Waals surface area contributed by atoms with Gasteiger partial charge in [-0.05, 0) is 6.07 Å². The standard InChI is InChI=1S/C21H22F2N6O6/c1-13(30)24-11-16-12-27(21(31)35-16)15-8-17(22)20(18(23)9-15)26-4-5-28(34-7-6-26)19-3-2-14(10-25-19)29(32)33/h2-3,8-10,16H,4-7,11-12H2,1H3,(H,24,30)/t16-/m0/s1. The molecule has 1 N–H and O–H groups in total. The van der Waals surface area contributed by atoms with E-state index in [1.807, 2.05) is 0 Å². The molecule has 0 bridgehead atoms. The Hall–Kier alpha value is -4.07. The monoisotopic (exact) mass is 492 g/mol. The number of hydrogen-bond donors (Lipinski definition) is 1. The van der Waals surface area contributed by atoms with Gasteiger partial charge in [-0.1, -0.05) is 0 Å². The molecule has 0 radical (unpaired) electrons. The SMILES string of the molecule is CC(=O)NC[C@H]1CN(c2cc(F)c(N3CCON(c4ccc([N+](=O)[O-])cn4)CC3)c(F)c2)C(=O)O1. The highest BCUT2D eigenvalue weighted by Gasteiger charge is 2.34. The summed E-state index contributed by atoms with van der Waals surface area (Å²) in [5.41, 5.74) is -0.433. The average molecular weight is 492 g/mol. The van der Waals surface area contributed by atoms with E-state index in [1.54, 1.807) is 0 Å². The summed E-state index contributed by atoms with van der Waals surface area (Å²) in [7, 11) is 0. The molecule has 0 unspecified atom stereocenters. The number of carbonyl (C=O) groups excluding carboxylic acids is 2. The lowest BCUT2D eigenvalue weighted by molar-refractivity contribution is -0.385. The van der Waals surface area contributed by atoms with Crippen molar-refractivity contribution in [3.05, 3.63) is 52.2 Å². The van der Waals surface area contributed by atoms with Gasteiger partial charge in [0.1, 0.15) is 18.0 Å². The predicted octanol–water partition coefficient (Wildman–Crippen LogP) is 1.99. The van der Waals surface area contributed by atoms with Gasteiger partial charge in [0.15, 0.2) is 17.5 Å². The van der Waals surface area contributed by atoms with Crippen molar-refractivity contribution in [2.75, 3.05) is 54.2 Å².